The summed E-state index contributed by atoms with van der Waals surface area (Å²) < 4.78 is 0. The Bertz CT molecular complexity index is 128. The van der Waals surface area contributed by atoms with Crippen LogP contribution in [-0.4, -0.2) is 6.04 Å². The van der Waals surface area contributed by atoms with Crippen LogP contribution >= 0.6 is 0 Å². The van der Waals surface area contributed by atoms with Gasteiger partial charge >= 0.3 is 0 Å². The van der Waals surface area contributed by atoms with E-state index in [4.69, 9.17) is 5.73 Å². The highest BCUT2D eigenvalue weighted by molar-refractivity contribution is 4.91. The maximum Gasteiger partial charge on any atom is 0.00416 e. The van der Waals surface area contributed by atoms with Crippen molar-refractivity contribution in [2.75, 3.05) is 0 Å². The zero-order valence-electron chi connectivity index (χ0n) is 7.42. The van der Waals surface area contributed by atoms with Crippen molar-refractivity contribution in [1.82, 2.24) is 0 Å². The molecule has 0 aromatic carbocycles. The fourth-order valence-corrected chi connectivity index (χ4v) is 2.53. The molecule has 11 heavy (non-hydrogen) atoms. The molecule has 0 aromatic heterocycles. The van der Waals surface area contributed by atoms with Crippen LogP contribution in [0.2, 0.25) is 0 Å². The fraction of sp³-hybridized carbons (Fsp3) is 1.00. The maximum absolute atomic E-state index is 5.98. The minimum atomic E-state index is 0.521. The maximum atomic E-state index is 5.98. The molecule has 1 unspecified atom stereocenters. The third-order valence-corrected chi connectivity index (χ3v) is 3.41. The summed E-state index contributed by atoms with van der Waals surface area (Å²) in [5, 5.41) is 0. The number of hydrogen-bond donors (Lipinski definition) is 1. The van der Waals surface area contributed by atoms with Gasteiger partial charge in [0.1, 0.15) is 0 Å². The smallest absolute Gasteiger partial charge is 0.00416 e. The fourth-order valence-electron chi connectivity index (χ4n) is 2.53. The summed E-state index contributed by atoms with van der Waals surface area (Å²) in [6.45, 7) is 2.38. The monoisotopic (exact) mass is 153 g/mol. The second-order valence-electron chi connectivity index (χ2n) is 4.67. The summed E-state index contributed by atoms with van der Waals surface area (Å²) in [6.07, 6.45) is 6.92. The van der Waals surface area contributed by atoms with Crippen molar-refractivity contribution >= 4 is 0 Å². The molecule has 2 saturated carbocycles. The van der Waals surface area contributed by atoms with Gasteiger partial charge in [-0.3, -0.25) is 0 Å². The minimum absolute atomic E-state index is 0.521. The van der Waals surface area contributed by atoms with Gasteiger partial charge in [0.25, 0.3) is 0 Å². The Morgan fingerprint density at radius 2 is 1.73 bits per heavy atom. The van der Waals surface area contributed by atoms with Crippen LogP contribution in [0.15, 0.2) is 0 Å². The summed E-state index contributed by atoms with van der Waals surface area (Å²) in [7, 11) is 0. The van der Waals surface area contributed by atoms with E-state index in [2.05, 4.69) is 6.92 Å². The van der Waals surface area contributed by atoms with Crippen molar-refractivity contribution in [3.63, 3.8) is 0 Å². The highest BCUT2D eigenvalue weighted by Crippen LogP contribution is 2.48. The molecule has 0 spiro atoms. The quantitative estimate of drug-likeness (QED) is 0.567. The summed E-state index contributed by atoms with van der Waals surface area (Å²) in [5.41, 5.74) is 5.98. The molecule has 4 atom stereocenters. The predicted octanol–water partition coefficient (Wildman–Crippen LogP) is 2.16. The van der Waals surface area contributed by atoms with E-state index in [0.717, 1.165) is 17.8 Å². The molecule has 0 saturated heterocycles. The number of nitrogens with two attached hydrogens (primary N) is 1. The summed E-state index contributed by atoms with van der Waals surface area (Å²) in [4.78, 5) is 0. The first-order valence-electron chi connectivity index (χ1n) is 5.01. The van der Waals surface area contributed by atoms with Gasteiger partial charge in [-0.05, 0) is 49.9 Å². The Morgan fingerprint density at radius 3 is 2.55 bits per heavy atom. The van der Waals surface area contributed by atoms with Crippen molar-refractivity contribution in [2.45, 2.75) is 45.1 Å². The van der Waals surface area contributed by atoms with E-state index in [9.17, 15) is 0 Å². The molecule has 0 amide bonds. The van der Waals surface area contributed by atoms with Gasteiger partial charge in [-0.1, -0.05) is 6.92 Å². The standard InChI is InChI=1S/C10H19N/c1-7-2-3-10(11)6-9-5-8(9)4-7/h7-10H,2-6,11H2,1H3/t7-,8?,9+,10+/m0/s1. The topological polar surface area (TPSA) is 26.0 Å². The lowest BCUT2D eigenvalue weighted by Crippen LogP contribution is -2.23. The second-order valence-corrected chi connectivity index (χ2v) is 4.67. The Balaban J connectivity index is 1.90. The molecule has 2 rings (SSSR count). The Hall–Kier alpha value is -0.0400. The first-order chi connectivity index (χ1) is 5.25. The lowest BCUT2D eigenvalue weighted by atomic mass is 9.90. The molecule has 0 aliphatic heterocycles. The molecular weight excluding hydrogens is 134 g/mol. The molecule has 2 fully saturated rings. The first-order valence-corrected chi connectivity index (χ1v) is 5.01. The van der Waals surface area contributed by atoms with Crippen LogP contribution in [0, 0.1) is 17.8 Å². The average molecular weight is 153 g/mol. The third kappa shape index (κ3) is 1.76. The van der Waals surface area contributed by atoms with Crippen LogP contribution in [0.5, 0.6) is 0 Å². The van der Waals surface area contributed by atoms with Gasteiger partial charge in [0, 0.05) is 6.04 Å². The second kappa shape index (κ2) is 2.78. The summed E-state index contributed by atoms with van der Waals surface area (Å²) in [6, 6.07) is 0.521. The number of rotatable bonds is 0. The molecule has 1 nitrogen and oxygen atoms in total. The van der Waals surface area contributed by atoms with Gasteiger partial charge in [-0.25, -0.2) is 0 Å². The van der Waals surface area contributed by atoms with Gasteiger partial charge in [0.15, 0.2) is 0 Å². The molecule has 0 aromatic rings. The Morgan fingerprint density at radius 1 is 1.00 bits per heavy atom. The van der Waals surface area contributed by atoms with E-state index in [1.807, 2.05) is 0 Å². The minimum Gasteiger partial charge on any atom is -0.328 e. The highest BCUT2D eigenvalue weighted by Gasteiger charge is 2.39. The van der Waals surface area contributed by atoms with Crippen LogP contribution in [0.4, 0.5) is 0 Å². The van der Waals surface area contributed by atoms with E-state index in [-0.39, 0.29) is 0 Å². The van der Waals surface area contributed by atoms with Crippen molar-refractivity contribution in [1.29, 1.82) is 0 Å². The Labute approximate surface area is 69.4 Å². The van der Waals surface area contributed by atoms with E-state index in [1.165, 1.54) is 32.1 Å². The van der Waals surface area contributed by atoms with Gasteiger partial charge in [-0.15, -0.1) is 0 Å². The lowest BCUT2D eigenvalue weighted by Gasteiger charge is -2.18. The Kier molecular flexibility index (Phi) is 1.92. The largest absolute Gasteiger partial charge is 0.328 e. The SMILES string of the molecule is C[C@H]1CC[C@@H](N)C[C@H]2CC2C1. The van der Waals surface area contributed by atoms with Crippen LogP contribution in [-0.2, 0) is 0 Å². The number of fused-ring (bicyclic) bond motifs is 1. The molecule has 2 aliphatic rings. The van der Waals surface area contributed by atoms with Crippen molar-refractivity contribution in [2.24, 2.45) is 23.5 Å². The van der Waals surface area contributed by atoms with Gasteiger partial charge in [-0.2, -0.15) is 0 Å². The third-order valence-electron chi connectivity index (χ3n) is 3.41. The highest BCUT2D eigenvalue weighted by atomic mass is 14.6. The normalized spacial score (nSPS) is 50.7. The molecule has 2 aliphatic carbocycles. The molecule has 1 heteroatoms. The van der Waals surface area contributed by atoms with Crippen LogP contribution in [0.25, 0.3) is 0 Å². The molecule has 0 radical (unpaired) electrons. The zero-order chi connectivity index (χ0) is 7.84. The van der Waals surface area contributed by atoms with E-state index in [0.29, 0.717) is 6.04 Å². The van der Waals surface area contributed by atoms with Gasteiger partial charge < -0.3 is 5.73 Å². The van der Waals surface area contributed by atoms with Crippen molar-refractivity contribution in [3.05, 3.63) is 0 Å². The number of hydrogen-bond acceptors (Lipinski definition) is 1. The van der Waals surface area contributed by atoms with Crippen molar-refractivity contribution < 1.29 is 0 Å². The summed E-state index contributed by atoms with van der Waals surface area (Å²) >= 11 is 0. The zero-order valence-corrected chi connectivity index (χ0v) is 7.42. The van der Waals surface area contributed by atoms with E-state index in [1.54, 1.807) is 0 Å². The lowest BCUT2D eigenvalue weighted by molar-refractivity contribution is 0.363. The van der Waals surface area contributed by atoms with Crippen LogP contribution in [0.3, 0.4) is 0 Å². The molecule has 0 bridgehead atoms. The molecule has 2 N–H and O–H groups in total. The van der Waals surface area contributed by atoms with E-state index < -0.39 is 0 Å². The summed E-state index contributed by atoms with van der Waals surface area (Å²) in [5.74, 6) is 3.03. The van der Waals surface area contributed by atoms with Crippen LogP contribution < -0.4 is 5.73 Å². The van der Waals surface area contributed by atoms with Crippen molar-refractivity contribution in [3.8, 4) is 0 Å². The molecule has 64 valence electrons. The van der Waals surface area contributed by atoms with Crippen LogP contribution in [0.1, 0.15) is 39.0 Å². The van der Waals surface area contributed by atoms with E-state index >= 15 is 0 Å². The van der Waals surface area contributed by atoms with Gasteiger partial charge in [0.2, 0.25) is 0 Å². The molecule has 0 heterocycles. The first kappa shape index (κ1) is 7.60. The predicted molar refractivity (Wildman–Crippen MR) is 47.2 cm³/mol. The average Bonchev–Trinajstić information content (AvgIpc) is 2.60. The van der Waals surface area contributed by atoms with Gasteiger partial charge in [0.05, 0.1) is 0 Å². The molecular formula is C10H19N.